The van der Waals surface area contributed by atoms with Crippen molar-refractivity contribution < 1.29 is 4.79 Å². The van der Waals surface area contributed by atoms with Crippen molar-refractivity contribution in [3.63, 3.8) is 0 Å². The van der Waals surface area contributed by atoms with Crippen molar-refractivity contribution in [2.24, 2.45) is 16.8 Å². The summed E-state index contributed by atoms with van der Waals surface area (Å²) in [6.45, 7) is 12.5. The average molecular weight is 372 g/mol. The van der Waals surface area contributed by atoms with E-state index < -0.39 is 0 Å². The third-order valence-electron chi connectivity index (χ3n) is 5.25. The van der Waals surface area contributed by atoms with Gasteiger partial charge in [-0.2, -0.15) is 0 Å². The number of carbonyl (C=O) groups excluding carboxylic acids is 1. The third kappa shape index (κ3) is 5.37. The molecule has 2 aliphatic rings. The quantitative estimate of drug-likeness (QED) is 0.628. The van der Waals surface area contributed by atoms with Gasteiger partial charge in [-0.05, 0) is 42.9 Å². The fourth-order valence-electron chi connectivity index (χ4n) is 4.10. The number of likely N-dealkylation sites (tertiary alicyclic amines) is 1. The molecule has 0 spiro atoms. The topological polar surface area (TPSA) is 60.0 Å². The first kappa shape index (κ1) is 19.5. The van der Waals surface area contributed by atoms with Crippen LogP contribution in [0.4, 0.5) is 5.69 Å². The van der Waals surface area contributed by atoms with E-state index in [0.717, 1.165) is 37.8 Å². The summed E-state index contributed by atoms with van der Waals surface area (Å²) in [5.41, 5.74) is 2.29. The van der Waals surface area contributed by atoms with E-state index in [2.05, 4.69) is 65.5 Å². The second-order valence-corrected chi connectivity index (χ2v) is 7.96. The molecule has 0 aliphatic carbocycles. The Balaban J connectivity index is 1.64. The molecular weight excluding hydrogens is 338 g/mol. The van der Waals surface area contributed by atoms with Crippen LogP contribution in [0.25, 0.3) is 0 Å². The first-order chi connectivity index (χ1) is 13.0. The minimum Gasteiger partial charge on any atom is -0.360 e. The van der Waals surface area contributed by atoms with Crippen molar-refractivity contribution in [3.8, 4) is 0 Å². The zero-order valence-corrected chi connectivity index (χ0v) is 16.9. The van der Waals surface area contributed by atoms with E-state index in [0.29, 0.717) is 31.5 Å². The molecule has 2 N–H and O–H groups in total. The molecule has 2 heterocycles. The first-order valence-electron chi connectivity index (χ1n) is 10.2. The highest BCUT2D eigenvalue weighted by atomic mass is 16.2. The van der Waals surface area contributed by atoms with Crippen LogP contribution in [0.2, 0.25) is 0 Å². The maximum Gasteiger partial charge on any atom is 0.239 e. The molecule has 3 rings (SSSR count). The largest absolute Gasteiger partial charge is 0.360 e. The Kier molecular flexibility index (Phi) is 6.58. The normalized spacial score (nSPS) is 24.0. The summed E-state index contributed by atoms with van der Waals surface area (Å²) < 4.78 is 0. The SMILES string of the molecule is CCNC(=NCc1ccc(N2CCNC(=O)C2)cc1)N1CC(C)CC(C)C1. The Morgan fingerprint density at radius 1 is 1.22 bits per heavy atom. The number of guanidine groups is 1. The lowest BCUT2D eigenvalue weighted by Crippen LogP contribution is -2.48. The van der Waals surface area contributed by atoms with Gasteiger partial charge in [-0.1, -0.05) is 26.0 Å². The molecule has 0 aromatic heterocycles. The fraction of sp³-hybridized carbons (Fsp3) is 0.619. The van der Waals surface area contributed by atoms with Crippen LogP contribution in [0.1, 0.15) is 32.8 Å². The molecule has 27 heavy (non-hydrogen) atoms. The molecule has 2 atom stereocenters. The van der Waals surface area contributed by atoms with E-state index in [9.17, 15) is 4.79 Å². The Morgan fingerprint density at radius 3 is 2.56 bits per heavy atom. The lowest BCUT2D eigenvalue weighted by atomic mass is 9.92. The maximum atomic E-state index is 11.6. The lowest BCUT2D eigenvalue weighted by molar-refractivity contribution is -0.120. The van der Waals surface area contributed by atoms with Crippen LogP contribution in [0.15, 0.2) is 29.3 Å². The van der Waals surface area contributed by atoms with Crippen LogP contribution in [-0.4, -0.2) is 56.0 Å². The number of anilines is 1. The number of benzene rings is 1. The van der Waals surface area contributed by atoms with Gasteiger partial charge in [0.05, 0.1) is 13.1 Å². The van der Waals surface area contributed by atoms with E-state index in [-0.39, 0.29) is 5.91 Å². The first-order valence-corrected chi connectivity index (χ1v) is 10.2. The van der Waals surface area contributed by atoms with E-state index >= 15 is 0 Å². The molecule has 1 aromatic rings. The Morgan fingerprint density at radius 2 is 1.93 bits per heavy atom. The van der Waals surface area contributed by atoms with Crippen molar-refractivity contribution >= 4 is 17.6 Å². The number of hydrogen-bond acceptors (Lipinski definition) is 3. The van der Waals surface area contributed by atoms with E-state index in [1.54, 1.807) is 0 Å². The highest BCUT2D eigenvalue weighted by molar-refractivity contribution is 5.82. The van der Waals surface area contributed by atoms with Crippen LogP contribution in [0.5, 0.6) is 0 Å². The summed E-state index contributed by atoms with van der Waals surface area (Å²) >= 11 is 0. The van der Waals surface area contributed by atoms with E-state index in [1.807, 2.05) is 0 Å². The smallest absolute Gasteiger partial charge is 0.239 e. The van der Waals surface area contributed by atoms with Gasteiger partial charge in [-0.25, -0.2) is 4.99 Å². The molecule has 2 unspecified atom stereocenters. The van der Waals surface area contributed by atoms with Gasteiger partial charge in [0.15, 0.2) is 5.96 Å². The fourth-order valence-corrected chi connectivity index (χ4v) is 4.10. The summed E-state index contributed by atoms with van der Waals surface area (Å²) in [6, 6.07) is 8.44. The number of rotatable bonds is 4. The summed E-state index contributed by atoms with van der Waals surface area (Å²) in [4.78, 5) is 21.0. The van der Waals surface area contributed by atoms with Gasteiger partial charge in [0.25, 0.3) is 0 Å². The third-order valence-corrected chi connectivity index (χ3v) is 5.25. The number of amides is 1. The number of nitrogens with zero attached hydrogens (tertiary/aromatic N) is 3. The predicted molar refractivity (Wildman–Crippen MR) is 111 cm³/mol. The number of piperazine rings is 1. The van der Waals surface area contributed by atoms with Crippen LogP contribution in [0, 0.1) is 11.8 Å². The molecule has 1 aromatic carbocycles. The predicted octanol–water partition coefficient (Wildman–Crippen LogP) is 2.07. The average Bonchev–Trinajstić information content (AvgIpc) is 2.65. The zero-order valence-electron chi connectivity index (χ0n) is 16.9. The minimum absolute atomic E-state index is 0.0928. The van der Waals surface area contributed by atoms with E-state index in [1.165, 1.54) is 12.0 Å². The Hall–Kier alpha value is -2.24. The number of carbonyl (C=O) groups is 1. The molecule has 0 bridgehead atoms. The van der Waals surface area contributed by atoms with Crippen molar-refractivity contribution in [2.45, 2.75) is 33.7 Å². The van der Waals surface area contributed by atoms with Gasteiger partial charge in [-0.3, -0.25) is 4.79 Å². The second kappa shape index (κ2) is 9.11. The van der Waals surface area contributed by atoms with Gasteiger partial charge >= 0.3 is 0 Å². The number of nitrogens with one attached hydrogen (secondary N) is 2. The second-order valence-electron chi connectivity index (χ2n) is 7.96. The maximum absolute atomic E-state index is 11.6. The highest BCUT2D eigenvalue weighted by Gasteiger charge is 2.24. The van der Waals surface area contributed by atoms with E-state index in [4.69, 9.17) is 4.99 Å². The number of aliphatic imine (C=N–C) groups is 1. The van der Waals surface area contributed by atoms with Crippen LogP contribution in [0.3, 0.4) is 0 Å². The molecule has 2 aliphatic heterocycles. The van der Waals surface area contributed by atoms with Gasteiger partial charge in [0, 0.05) is 38.4 Å². The van der Waals surface area contributed by atoms with Crippen LogP contribution in [-0.2, 0) is 11.3 Å². The molecular formula is C21H33N5O. The van der Waals surface area contributed by atoms with Gasteiger partial charge < -0.3 is 20.4 Å². The highest BCUT2D eigenvalue weighted by Crippen LogP contribution is 2.21. The van der Waals surface area contributed by atoms with Gasteiger partial charge in [0.1, 0.15) is 0 Å². The molecule has 0 saturated carbocycles. The molecule has 2 fully saturated rings. The molecule has 148 valence electrons. The van der Waals surface area contributed by atoms with Crippen molar-refractivity contribution in [1.82, 2.24) is 15.5 Å². The Bertz CT molecular complexity index is 647. The number of piperidine rings is 1. The number of hydrogen-bond donors (Lipinski definition) is 2. The van der Waals surface area contributed by atoms with Crippen molar-refractivity contribution in [1.29, 1.82) is 0 Å². The summed E-state index contributed by atoms with van der Waals surface area (Å²) in [5, 5.41) is 6.32. The molecule has 6 heteroatoms. The van der Waals surface area contributed by atoms with Crippen LogP contribution >= 0.6 is 0 Å². The monoisotopic (exact) mass is 371 g/mol. The summed E-state index contributed by atoms with van der Waals surface area (Å²) in [6.07, 6.45) is 1.30. The lowest BCUT2D eigenvalue weighted by Gasteiger charge is -2.37. The van der Waals surface area contributed by atoms with Crippen molar-refractivity contribution in [2.75, 3.05) is 44.2 Å². The molecule has 1 amide bonds. The van der Waals surface area contributed by atoms with Gasteiger partial charge in [-0.15, -0.1) is 0 Å². The summed E-state index contributed by atoms with van der Waals surface area (Å²) in [7, 11) is 0. The standard InChI is InChI=1S/C21H33N5O/c1-4-22-21(26-13-16(2)11-17(3)14-26)24-12-18-5-7-19(8-6-18)25-10-9-23-20(27)15-25/h5-8,16-17H,4,9-15H2,1-3H3,(H,22,24)(H,23,27). The van der Waals surface area contributed by atoms with Crippen LogP contribution < -0.4 is 15.5 Å². The molecule has 6 nitrogen and oxygen atoms in total. The Labute approximate surface area is 163 Å². The molecule has 2 saturated heterocycles. The van der Waals surface area contributed by atoms with Crippen molar-refractivity contribution in [3.05, 3.63) is 29.8 Å². The zero-order chi connectivity index (χ0) is 19.2. The minimum atomic E-state index is 0.0928. The van der Waals surface area contributed by atoms with Gasteiger partial charge in [0.2, 0.25) is 5.91 Å². The molecule has 0 radical (unpaired) electrons. The summed E-state index contributed by atoms with van der Waals surface area (Å²) in [5.74, 6) is 2.53.